The monoisotopic (exact) mass is 531 g/mol. The maximum Gasteiger partial charge on any atom is 0.266 e. The normalized spacial score (nSPS) is 10.6. The predicted molar refractivity (Wildman–Crippen MR) is 136 cm³/mol. The average Bonchev–Trinajstić information content (AvgIpc) is 2.87. The molecule has 1 amide bonds. The van der Waals surface area contributed by atoms with Crippen LogP contribution in [0.4, 0.5) is 5.69 Å². The van der Waals surface area contributed by atoms with E-state index in [0.717, 1.165) is 5.56 Å². The summed E-state index contributed by atoms with van der Waals surface area (Å²) >= 11 is 3.48. The quantitative estimate of drug-likeness (QED) is 0.274. The van der Waals surface area contributed by atoms with Crippen molar-refractivity contribution in [3.63, 3.8) is 0 Å². The van der Waals surface area contributed by atoms with Gasteiger partial charge in [-0.05, 0) is 77.0 Å². The molecular weight excluding hydrogens is 510 g/mol. The second-order valence-electron chi connectivity index (χ2n) is 7.17. The summed E-state index contributed by atoms with van der Waals surface area (Å²) < 4.78 is 17.4. The third-order valence-electron chi connectivity index (χ3n) is 4.86. The van der Waals surface area contributed by atoms with E-state index in [-0.39, 0.29) is 12.2 Å². The van der Waals surface area contributed by atoms with E-state index in [1.807, 2.05) is 25.1 Å². The van der Waals surface area contributed by atoms with Crippen LogP contribution in [0, 0.1) is 22.7 Å². The second kappa shape index (κ2) is 12.3. The lowest BCUT2D eigenvalue weighted by Gasteiger charge is -2.14. The highest BCUT2D eigenvalue weighted by atomic mass is 79.9. The Morgan fingerprint density at radius 1 is 1.09 bits per heavy atom. The first-order valence-corrected chi connectivity index (χ1v) is 11.4. The van der Waals surface area contributed by atoms with Crippen molar-refractivity contribution in [2.75, 3.05) is 19.0 Å². The van der Waals surface area contributed by atoms with Gasteiger partial charge in [0.05, 0.1) is 29.8 Å². The van der Waals surface area contributed by atoms with Crippen LogP contribution >= 0.6 is 15.9 Å². The van der Waals surface area contributed by atoms with E-state index in [4.69, 9.17) is 14.2 Å². The molecule has 0 unspecified atom stereocenters. The highest BCUT2D eigenvalue weighted by Crippen LogP contribution is 2.38. The molecular formula is C27H22BrN3O4. The van der Waals surface area contributed by atoms with Crippen LogP contribution in [0.2, 0.25) is 0 Å². The van der Waals surface area contributed by atoms with Crippen LogP contribution in [0.15, 0.2) is 70.7 Å². The van der Waals surface area contributed by atoms with Gasteiger partial charge in [-0.1, -0.05) is 18.2 Å². The number of rotatable bonds is 9. The van der Waals surface area contributed by atoms with Crippen molar-refractivity contribution in [1.82, 2.24) is 0 Å². The first kappa shape index (κ1) is 25.4. The number of hydrogen-bond donors (Lipinski definition) is 1. The zero-order valence-electron chi connectivity index (χ0n) is 19.2. The molecule has 0 aliphatic heterocycles. The fourth-order valence-electron chi connectivity index (χ4n) is 3.18. The standard InChI is InChI=1S/C27H22BrN3O4/c1-3-34-23-10-8-22(9-11-23)31-27(32)21(16-30)12-18-13-24(28)26(25(14-18)33-2)35-17-20-7-5-4-6-19(20)15-29/h4-14H,3,17H2,1-2H3,(H,31,32)/b21-12-. The largest absolute Gasteiger partial charge is 0.494 e. The van der Waals surface area contributed by atoms with Crippen LogP contribution in [-0.2, 0) is 11.4 Å². The minimum absolute atomic E-state index is 0.0792. The fraction of sp³-hybridized carbons (Fsp3) is 0.148. The highest BCUT2D eigenvalue weighted by molar-refractivity contribution is 9.10. The number of hydrogen-bond acceptors (Lipinski definition) is 6. The van der Waals surface area contributed by atoms with Crippen molar-refractivity contribution in [3.8, 4) is 29.4 Å². The van der Waals surface area contributed by atoms with Crippen molar-refractivity contribution < 1.29 is 19.0 Å². The average molecular weight is 532 g/mol. The molecule has 0 radical (unpaired) electrons. The van der Waals surface area contributed by atoms with Crippen molar-refractivity contribution in [1.29, 1.82) is 10.5 Å². The zero-order valence-corrected chi connectivity index (χ0v) is 20.8. The number of amides is 1. The van der Waals surface area contributed by atoms with Gasteiger partial charge in [-0.15, -0.1) is 0 Å². The van der Waals surface area contributed by atoms with Crippen LogP contribution in [-0.4, -0.2) is 19.6 Å². The first-order chi connectivity index (χ1) is 17.0. The molecule has 3 aromatic carbocycles. The summed E-state index contributed by atoms with van der Waals surface area (Å²) in [5.74, 6) is 0.996. The molecule has 0 saturated heterocycles. The summed E-state index contributed by atoms with van der Waals surface area (Å²) in [4.78, 5) is 12.7. The third-order valence-corrected chi connectivity index (χ3v) is 5.45. The Morgan fingerprint density at radius 2 is 1.83 bits per heavy atom. The van der Waals surface area contributed by atoms with Gasteiger partial charge in [0.15, 0.2) is 11.5 Å². The molecule has 0 fully saturated rings. The lowest BCUT2D eigenvalue weighted by atomic mass is 10.1. The summed E-state index contributed by atoms with van der Waals surface area (Å²) in [5.41, 5.74) is 2.30. The summed E-state index contributed by atoms with van der Waals surface area (Å²) in [6.07, 6.45) is 1.46. The van der Waals surface area contributed by atoms with Crippen LogP contribution in [0.25, 0.3) is 6.08 Å². The molecule has 7 nitrogen and oxygen atoms in total. The van der Waals surface area contributed by atoms with Gasteiger partial charge >= 0.3 is 0 Å². The molecule has 176 valence electrons. The molecule has 0 atom stereocenters. The van der Waals surface area contributed by atoms with Crippen LogP contribution in [0.1, 0.15) is 23.6 Å². The minimum atomic E-state index is -0.541. The van der Waals surface area contributed by atoms with Gasteiger partial charge in [-0.25, -0.2) is 0 Å². The molecule has 8 heteroatoms. The molecule has 1 N–H and O–H groups in total. The third kappa shape index (κ3) is 6.63. The fourth-order valence-corrected chi connectivity index (χ4v) is 3.76. The summed E-state index contributed by atoms with van der Waals surface area (Å²) in [6, 6.07) is 21.5. The lowest BCUT2D eigenvalue weighted by Crippen LogP contribution is -2.13. The molecule has 0 aromatic heterocycles. The minimum Gasteiger partial charge on any atom is -0.494 e. The number of carbonyl (C=O) groups is 1. The van der Waals surface area contributed by atoms with Crippen molar-refractivity contribution in [2.45, 2.75) is 13.5 Å². The number of methoxy groups -OCH3 is 1. The molecule has 0 aliphatic rings. The number of nitriles is 2. The second-order valence-corrected chi connectivity index (χ2v) is 8.03. The van der Waals surface area contributed by atoms with Gasteiger partial charge in [0, 0.05) is 11.3 Å². The number of anilines is 1. The Hall–Kier alpha value is -4.27. The highest BCUT2D eigenvalue weighted by Gasteiger charge is 2.15. The molecule has 0 heterocycles. The number of nitrogens with one attached hydrogen (secondary N) is 1. The number of nitrogens with zero attached hydrogens (tertiary/aromatic N) is 2. The number of ether oxygens (including phenoxy) is 3. The zero-order chi connectivity index (χ0) is 25.2. The van der Waals surface area contributed by atoms with Crippen LogP contribution in [0.3, 0.4) is 0 Å². The maximum absolute atomic E-state index is 12.7. The van der Waals surface area contributed by atoms with E-state index in [0.29, 0.717) is 45.1 Å². The number of carbonyl (C=O) groups excluding carboxylic acids is 1. The van der Waals surface area contributed by atoms with E-state index in [1.54, 1.807) is 48.5 Å². The summed E-state index contributed by atoms with van der Waals surface area (Å²) in [5, 5.41) is 21.5. The molecule has 0 aliphatic carbocycles. The molecule has 3 rings (SSSR count). The van der Waals surface area contributed by atoms with Gasteiger partial charge < -0.3 is 19.5 Å². The van der Waals surface area contributed by atoms with E-state index < -0.39 is 5.91 Å². The molecule has 0 saturated carbocycles. The van der Waals surface area contributed by atoms with Crippen molar-refractivity contribution in [2.24, 2.45) is 0 Å². The Labute approximate surface area is 212 Å². The molecule has 0 spiro atoms. The number of benzene rings is 3. The topological polar surface area (TPSA) is 104 Å². The Kier molecular flexibility index (Phi) is 8.89. The van der Waals surface area contributed by atoms with Crippen LogP contribution < -0.4 is 19.5 Å². The van der Waals surface area contributed by atoms with Gasteiger partial charge in [0.2, 0.25) is 0 Å². The van der Waals surface area contributed by atoms with E-state index in [2.05, 4.69) is 27.3 Å². The SMILES string of the molecule is CCOc1ccc(NC(=O)/C(C#N)=C\c2cc(Br)c(OCc3ccccc3C#N)c(OC)c2)cc1. The van der Waals surface area contributed by atoms with E-state index in [1.165, 1.54) is 13.2 Å². The summed E-state index contributed by atoms with van der Waals surface area (Å²) in [7, 11) is 1.50. The Bertz CT molecular complexity index is 1320. The summed E-state index contributed by atoms with van der Waals surface area (Å²) in [6.45, 7) is 2.60. The smallest absolute Gasteiger partial charge is 0.266 e. The molecule has 35 heavy (non-hydrogen) atoms. The van der Waals surface area contributed by atoms with Crippen LogP contribution in [0.5, 0.6) is 17.2 Å². The van der Waals surface area contributed by atoms with Gasteiger partial charge in [0.1, 0.15) is 24.0 Å². The van der Waals surface area contributed by atoms with Gasteiger partial charge in [-0.2, -0.15) is 10.5 Å². The first-order valence-electron chi connectivity index (χ1n) is 10.6. The van der Waals surface area contributed by atoms with Gasteiger partial charge in [0.25, 0.3) is 5.91 Å². The Morgan fingerprint density at radius 3 is 2.49 bits per heavy atom. The van der Waals surface area contributed by atoms with E-state index in [9.17, 15) is 15.3 Å². The van der Waals surface area contributed by atoms with Gasteiger partial charge in [-0.3, -0.25) is 4.79 Å². The Balaban J connectivity index is 1.79. The maximum atomic E-state index is 12.7. The predicted octanol–water partition coefficient (Wildman–Crippen LogP) is 5.85. The van der Waals surface area contributed by atoms with Crippen molar-refractivity contribution >= 4 is 33.6 Å². The molecule has 0 bridgehead atoms. The van der Waals surface area contributed by atoms with Crippen molar-refractivity contribution in [3.05, 3.63) is 87.4 Å². The molecule has 3 aromatic rings. The number of halogens is 1. The van der Waals surface area contributed by atoms with E-state index >= 15 is 0 Å². The lowest BCUT2D eigenvalue weighted by molar-refractivity contribution is -0.112.